The second kappa shape index (κ2) is 8.43. The predicted octanol–water partition coefficient (Wildman–Crippen LogP) is -1.50. The van der Waals surface area contributed by atoms with E-state index in [9.17, 15) is 30.0 Å². The fraction of sp³-hybridized carbons (Fsp3) is 0.500. The summed E-state index contributed by atoms with van der Waals surface area (Å²) >= 11 is 0. The standard InChI is InChI=1S/C16H21NO9/c17-12-7(8(19)4-5-11(20)21)2-1-3-9(12)25-16-15(24)14(23)13(22)10(6-18)26-16/h1-3,10,13-16,18,22-24H,4-6,17H2,(H,20,21)/t10-,13-,14+,15-,16-/m0/s1. The highest BCUT2D eigenvalue weighted by molar-refractivity contribution is 6.02. The van der Waals surface area contributed by atoms with E-state index in [0.717, 1.165) is 0 Å². The number of aliphatic hydroxyl groups excluding tert-OH is 4. The van der Waals surface area contributed by atoms with Gasteiger partial charge in [-0.25, -0.2) is 0 Å². The molecule has 26 heavy (non-hydrogen) atoms. The lowest BCUT2D eigenvalue weighted by Gasteiger charge is -2.39. The van der Waals surface area contributed by atoms with Gasteiger partial charge >= 0.3 is 5.97 Å². The van der Waals surface area contributed by atoms with Crippen LogP contribution in [-0.2, 0) is 9.53 Å². The van der Waals surface area contributed by atoms with Gasteiger partial charge in [0.1, 0.15) is 30.2 Å². The van der Waals surface area contributed by atoms with Gasteiger partial charge in [0, 0.05) is 12.0 Å². The van der Waals surface area contributed by atoms with Crippen molar-refractivity contribution in [3.63, 3.8) is 0 Å². The Hall–Kier alpha value is -2.24. The van der Waals surface area contributed by atoms with E-state index in [2.05, 4.69) is 0 Å². The van der Waals surface area contributed by atoms with Crippen molar-refractivity contribution in [1.29, 1.82) is 0 Å². The van der Waals surface area contributed by atoms with Crippen LogP contribution in [0, 0.1) is 0 Å². The summed E-state index contributed by atoms with van der Waals surface area (Å²) in [5.74, 6) is -1.65. The van der Waals surface area contributed by atoms with Gasteiger partial charge in [0.25, 0.3) is 0 Å². The Morgan fingerprint density at radius 3 is 2.42 bits per heavy atom. The zero-order valence-electron chi connectivity index (χ0n) is 13.7. The molecule has 1 heterocycles. The van der Waals surface area contributed by atoms with E-state index < -0.39 is 49.1 Å². The first kappa shape index (κ1) is 20.1. The van der Waals surface area contributed by atoms with Gasteiger partial charge in [-0.05, 0) is 12.1 Å². The minimum Gasteiger partial charge on any atom is -0.481 e. The van der Waals surface area contributed by atoms with Gasteiger partial charge < -0.3 is 40.7 Å². The number of ether oxygens (including phenoxy) is 2. The maximum atomic E-state index is 12.1. The number of nitrogen functional groups attached to an aromatic ring is 1. The minimum atomic E-state index is -1.63. The molecule has 0 aliphatic carbocycles. The van der Waals surface area contributed by atoms with Gasteiger partial charge in [-0.2, -0.15) is 0 Å². The van der Waals surface area contributed by atoms with E-state index in [1.54, 1.807) is 0 Å². The third kappa shape index (κ3) is 4.29. The second-order valence-corrected chi connectivity index (χ2v) is 5.85. The van der Waals surface area contributed by atoms with Gasteiger partial charge in [-0.15, -0.1) is 0 Å². The summed E-state index contributed by atoms with van der Waals surface area (Å²) in [6.45, 7) is -0.617. The molecule has 7 N–H and O–H groups in total. The first-order valence-electron chi connectivity index (χ1n) is 7.87. The minimum absolute atomic E-state index is 0.0319. The number of hydrogen-bond donors (Lipinski definition) is 6. The average Bonchev–Trinajstić information content (AvgIpc) is 2.61. The largest absolute Gasteiger partial charge is 0.481 e. The molecule has 0 saturated carbocycles. The molecule has 5 atom stereocenters. The smallest absolute Gasteiger partial charge is 0.303 e. The van der Waals surface area contributed by atoms with E-state index in [0.29, 0.717) is 0 Å². The highest BCUT2D eigenvalue weighted by Crippen LogP contribution is 2.30. The van der Waals surface area contributed by atoms with Crippen LogP contribution in [0.2, 0.25) is 0 Å². The summed E-state index contributed by atoms with van der Waals surface area (Å²) < 4.78 is 10.6. The number of carboxylic acid groups (broad SMARTS) is 1. The molecule has 0 unspecified atom stereocenters. The molecule has 2 rings (SSSR count). The molecule has 0 amide bonds. The number of carbonyl (C=O) groups is 2. The van der Waals surface area contributed by atoms with Crippen molar-refractivity contribution in [3.05, 3.63) is 23.8 Å². The summed E-state index contributed by atoms with van der Waals surface area (Å²) in [4.78, 5) is 22.7. The number of Topliss-reactive ketones (excluding diaryl/α,β-unsaturated/α-hetero) is 1. The summed E-state index contributed by atoms with van der Waals surface area (Å²) in [5, 5.41) is 47.3. The summed E-state index contributed by atoms with van der Waals surface area (Å²) in [7, 11) is 0. The molecular weight excluding hydrogens is 350 g/mol. The first-order chi connectivity index (χ1) is 12.3. The molecular formula is C16H21NO9. The van der Waals surface area contributed by atoms with Crippen LogP contribution < -0.4 is 10.5 Å². The number of aliphatic carboxylic acids is 1. The lowest BCUT2D eigenvalue weighted by Crippen LogP contribution is -2.60. The fourth-order valence-corrected chi connectivity index (χ4v) is 2.53. The highest BCUT2D eigenvalue weighted by atomic mass is 16.7. The van der Waals surface area contributed by atoms with Crippen LogP contribution in [-0.4, -0.2) is 74.6 Å². The quantitative estimate of drug-likeness (QED) is 0.244. The van der Waals surface area contributed by atoms with Crippen LogP contribution in [0.1, 0.15) is 23.2 Å². The number of rotatable bonds is 7. The van der Waals surface area contributed by atoms with Gasteiger partial charge in [-0.3, -0.25) is 9.59 Å². The van der Waals surface area contributed by atoms with Crippen molar-refractivity contribution in [1.82, 2.24) is 0 Å². The highest BCUT2D eigenvalue weighted by Gasteiger charge is 2.44. The van der Waals surface area contributed by atoms with Gasteiger partial charge in [0.15, 0.2) is 5.78 Å². The average molecular weight is 371 g/mol. The molecule has 10 nitrogen and oxygen atoms in total. The molecule has 0 aromatic heterocycles. The van der Waals surface area contributed by atoms with Gasteiger partial charge in [0.2, 0.25) is 6.29 Å². The maximum absolute atomic E-state index is 12.1. The van der Waals surface area contributed by atoms with Crippen LogP contribution in [0.3, 0.4) is 0 Å². The van der Waals surface area contributed by atoms with Gasteiger partial charge in [-0.1, -0.05) is 6.07 Å². The Balaban J connectivity index is 2.18. The molecule has 1 aliphatic heterocycles. The second-order valence-electron chi connectivity index (χ2n) is 5.85. The Morgan fingerprint density at radius 1 is 1.12 bits per heavy atom. The van der Waals surface area contributed by atoms with Crippen LogP contribution in [0.15, 0.2) is 18.2 Å². The Labute approximate surface area is 148 Å². The molecule has 1 aliphatic rings. The lowest BCUT2D eigenvalue weighted by molar-refractivity contribution is -0.277. The maximum Gasteiger partial charge on any atom is 0.303 e. The summed E-state index contributed by atoms with van der Waals surface area (Å²) in [6, 6.07) is 4.24. The van der Waals surface area contributed by atoms with E-state index >= 15 is 0 Å². The predicted molar refractivity (Wildman–Crippen MR) is 86.4 cm³/mol. The SMILES string of the molecule is Nc1c(O[C@H]2O[C@@H](CO)[C@H](O)[C@@H](O)[C@@H]2O)cccc1C(=O)CCC(=O)O. The zero-order chi connectivity index (χ0) is 19.4. The van der Waals surface area contributed by atoms with E-state index in [4.69, 9.17) is 20.3 Å². The zero-order valence-corrected chi connectivity index (χ0v) is 13.7. The van der Waals surface area contributed by atoms with Crippen LogP contribution in [0.5, 0.6) is 5.75 Å². The molecule has 0 radical (unpaired) electrons. The number of carboxylic acids is 1. The fourth-order valence-electron chi connectivity index (χ4n) is 2.53. The molecule has 10 heteroatoms. The lowest BCUT2D eigenvalue weighted by atomic mass is 9.99. The van der Waals surface area contributed by atoms with E-state index in [1.807, 2.05) is 0 Å². The van der Waals surface area contributed by atoms with Crippen molar-refractivity contribution in [2.45, 2.75) is 43.5 Å². The monoisotopic (exact) mass is 371 g/mol. The number of carbonyl (C=O) groups excluding carboxylic acids is 1. The van der Waals surface area contributed by atoms with Crippen LogP contribution in [0.25, 0.3) is 0 Å². The normalized spacial score (nSPS) is 28.5. The van der Waals surface area contributed by atoms with Crippen molar-refractivity contribution in [3.8, 4) is 5.75 Å². The Bertz CT molecular complexity index is 663. The van der Waals surface area contributed by atoms with Crippen molar-refractivity contribution < 1.29 is 44.6 Å². The number of aliphatic hydroxyl groups is 4. The molecule has 1 aromatic carbocycles. The molecule has 0 bridgehead atoms. The number of benzene rings is 1. The van der Waals surface area contributed by atoms with Crippen molar-refractivity contribution in [2.75, 3.05) is 12.3 Å². The van der Waals surface area contributed by atoms with Crippen LogP contribution >= 0.6 is 0 Å². The summed E-state index contributed by atoms with van der Waals surface area (Å²) in [6.07, 6.45) is -7.97. The first-order valence-corrected chi connectivity index (χ1v) is 7.87. The third-order valence-corrected chi connectivity index (χ3v) is 4.02. The molecule has 144 valence electrons. The molecule has 0 spiro atoms. The van der Waals surface area contributed by atoms with Crippen molar-refractivity contribution in [2.24, 2.45) is 0 Å². The van der Waals surface area contributed by atoms with E-state index in [-0.39, 0.29) is 29.8 Å². The number of para-hydroxylation sites is 1. The Kier molecular flexibility index (Phi) is 6.51. The number of hydrogen-bond acceptors (Lipinski definition) is 9. The van der Waals surface area contributed by atoms with Crippen molar-refractivity contribution >= 4 is 17.4 Å². The topological polar surface area (TPSA) is 180 Å². The number of nitrogens with two attached hydrogens (primary N) is 1. The summed E-state index contributed by atoms with van der Waals surface area (Å²) in [5.41, 5.74) is 5.86. The van der Waals surface area contributed by atoms with Crippen LogP contribution in [0.4, 0.5) is 5.69 Å². The number of ketones is 1. The number of anilines is 1. The Morgan fingerprint density at radius 2 is 1.81 bits per heavy atom. The molecule has 1 aromatic rings. The molecule has 1 fully saturated rings. The third-order valence-electron chi connectivity index (χ3n) is 4.02. The molecule has 1 saturated heterocycles. The van der Waals surface area contributed by atoms with E-state index in [1.165, 1.54) is 18.2 Å². The van der Waals surface area contributed by atoms with Gasteiger partial charge in [0.05, 0.1) is 18.7 Å².